The fourth-order valence-corrected chi connectivity index (χ4v) is 3.52. The number of carbonyl (C=O) groups is 1. The summed E-state index contributed by atoms with van der Waals surface area (Å²) in [4.78, 5) is 16.7. The molecule has 1 amide bonds. The van der Waals surface area contributed by atoms with Crippen molar-refractivity contribution in [3.05, 3.63) is 28.0 Å². The molecule has 0 aromatic carbocycles. The van der Waals surface area contributed by atoms with Crippen LogP contribution in [0.15, 0.2) is 5.38 Å². The summed E-state index contributed by atoms with van der Waals surface area (Å²) in [6, 6.07) is 2.13. The van der Waals surface area contributed by atoms with Crippen LogP contribution in [-0.2, 0) is 23.2 Å². The van der Waals surface area contributed by atoms with E-state index in [1.807, 2.05) is 23.9 Å². The summed E-state index contributed by atoms with van der Waals surface area (Å²) in [5.41, 5.74) is 4.00. The van der Waals surface area contributed by atoms with Gasteiger partial charge >= 0.3 is 0 Å². The average molecular weight is 359 g/mol. The first-order chi connectivity index (χ1) is 11.7. The predicted molar refractivity (Wildman–Crippen MR) is 99.7 cm³/mol. The van der Waals surface area contributed by atoms with Gasteiger partial charge in [0.15, 0.2) is 5.13 Å². The Bertz CT molecular complexity index is 791. The zero-order valence-electron chi connectivity index (χ0n) is 15.5. The Balaban J connectivity index is 1.95. The number of nitrogens with zero attached hydrogens (tertiary/aromatic N) is 4. The highest BCUT2D eigenvalue weighted by atomic mass is 32.1. The van der Waals surface area contributed by atoms with Crippen LogP contribution in [0.3, 0.4) is 0 Å². The molecule has 0 aliphatic heterocycles. The molecule has 0 spiro atoms. The van der Waals surface area contributed by atoms with Gasteiger partial charge in [-0.25, -0.2) is 4.98 Å². The van der Waals surface area contributed by atoms with Gasteiger partial charge in [-0.15, -0.1) is 11.3 Å². The first kappa shape index (κ1) is 19.1. The fraction of sp³-hybridized carbons (Fsp3) is 0.556. The molecular formula is C18H25N5OS. The maximum Gasteiger partial charge on any atom is 0.226 e. The second kappa shape index (κ2) is 7.79. The molecule has 0 fully saturated rings. The molecule has 0 atom stereocenters. The predicted octanol–water partition coefficient (Wildman–Crippen LogP) is 3.74. The lowest BCUT2D eigenvalue weighted by atomic mass is 9.93. The smallest absolute Gasteiger partial charge is 0.226 e. The highest BCUT2D eigenvalue weighted by Crippen LogP contribution is 2.26. The summed E-state index contributed by atoms with van der Waals surface area (Å²) in [5.74, 6) is -0.0432. The van der Waals surface area contributed by atoms with Crippen LogP contribution in [0.4, 0.5) is 5.13 Å². The molecular weight excluding hydrogens is 334 g/mol. The first-order valence-electron chi connectivity index (χ1n) is 8.38. The minimum Gasteiger partial charge on any atom is -0.302 e. The van der Waals surface area contributed by atoms with Crippen LogP contribution < -0.4 is 5.32 Å². The summed E-state index contributed by atoms with van der Waals surface area (Å²) in [5, 5.41) is 18.7. The van der Waals surface area contributed by atoms with E-state index in [0.29, 0.717) is 30.9 Å². The molecule has 2 aromatic heterocycles. The summed E-state index contributed by atoms with van der Waals surface area (Å²) in [6.07, 6.45) is 1.45. The Kier molecular flexibility index (Phi) is 5.96. The topological polar surface area (TPSA) is 83.6 Å². The number of aryl methyl sites for hydroxylation is 2. The van der Waals surface area contributed by atoms with Gasteiger partial charge in [0.25, 0.3) is 0 Å². The minimum absolute atomic E-state index is 0.0221. The normalized spacial score (nSPS) is 11.4. The third kappa shape index (κ3) is 4.89. The number of carbonyl (C=O) groups excluding carboxylic acids is 1. The van der Waals surface area contributed by atoms with Gasteiger partial charge in [0.2, 0.25) is 5.91 Å². The molecule has 2 aromatic rings. The van der Waals surface area contributed by atoms with E-state index in [-0.39, 0.29) is 11.3 Å². The molecule has 6 nitrogen and oxygen atoms in total. The fourth-order valence-electron chi connectivity index (χ4n) is 2.57. The number of aromatic nitrogens is 3. The van der Waals surface area contributed by atoms with Gasteiger partial charge in [0.1, 0.15) is 0 Å². The molecule has 2 rings (SSSR count). The van der Waals surface area contributed by atoms with Crippen molar-refractivity contribution in [1.29, 1.82) is 5.26 Å². The van der Waals surface area contributed by atoms with Gasteiger partial charge < -0.3 is 5.32 Å². The van der Waals surface area contributed by atoms with E-state index < -0.39 is 0 Å². The van der Waals surface area contributed by atoms with Crippen molar-refractivity contribution in [3.63, 3.8) is 0 Å². The van der Waals surface area contributed by atoms with Gasteiger partial charge in [0, 0.05) is 22.9 Å². The van der Waals surface area contributed by atoms with Crippen molar-refractivity contribution in [3.8, 4) is 6.07 Å². The molecule has 2 heterocycles. The van der Waals surface area contributed by atoms with E-state index in [9.17, 15) is 4.79 Å². The van der Waals surface area contributed by atoms with Gasteiger partial charge in [0.05, 0.1) is 30.4 Å². The van der Waals surface area contributed by atoms with Crippen molar-refractivity contribution in [1.82, 2.24) is 14.8 Å². The van der Waals surface area contributed by atoms with E-state index >= 15 is 0 Å². The second-order valence-corrected chi connectivity index (χ2v) is 7.97. The highest BCUT2D eigenvalue weighted by molar-refractivity contribution is 7.13. The molecule has 0 aliphatic carbocycles. The van der Waals surface area contributed by atoms with Crippen LogP contribution in [0.1, 0.15) is 56.3 Å². The zero-order chi connectivity index (χ0) is 18.6. The van der Waals surface area contributed by atoms with Gasteiger partial charge in [-0.2, -0.15) is 10.4 Å². The minimum atomic E-state index is -0.0432. The standard InChI is InChI=1S/C18H25N5OS/c1-12-14(13(2)23(22-12)10-6-9-19)7-8-16(24)21-17-20-15(11-25-17)18(3,4)5/h11H,6-8,10H2,1-5H3,(H,20,21,24). The number of anilines is 1. The number of thiazole rings is 1. The van der Waals surface area contributed by atoms with Crippen LogP contribution in [0, 0.1) is 25.2 Å². The van der Waals surface area contributed by atoms with E-state index in [4.69, 9.17) is 5.26 Å². The highest BCUT2D eigenvalue weighted by Gasteiger charge is 2.18. The SMILES string of the molecule is Cc1nn(CCC#N)c(C)c1CCC(=O)Nc1nc(C(C)(C)C)cs1. The lowest BCUT2D eigenvalue weighted by Crippen LogP contribution is -2.14. The van der Waals surface area contributed by atoms with Crippen LogP contribution >= 0.6 is 11.3 Å². The summed E-state index contributed by atoms with van der Waals surface area (Å²) in [7, 11) is 0. The summed E-state index contributed by atoms with van der Waals surface area (Å²) < 4.78 is 1.85. The third-order valence-electron chi connectivity index (χ3n) is 4.09. The van der Waals surface area contributed by atoms with Gasteiger partial charge in [-0.1, -0.05) is 20.8 Å². The summed E-state index contributed by atoms with van der Waals surface area (Å²) in [6.45, 7) is 10.8. The monoisotopic (exact) mass is 359 g/mol. The largest absolute Gasteiger partial charge is 0.302 e. The molecule has 0 saturated carbocycles. The van der Waals surface area contributed by atoms with E-state index in [0.717, 1.165) is 22.6 Å². The number of hydrogen-bond donors (Lipinski definition) is 1. The maximum absolute atomic E-state index is 12.2. The third-order valence-corrected chi connectivity index (χ3v) is 4.85. The maximum atomic E-state index is 12.2. The van der Waals surface area contributed by atoms with Gasteiger partial charge in [-0.05, 0) is 25.8 Å². The Labute approximate surface area is 152 Å². The first-order valence-corrected chi connectivity index (χ1v) is 9.26. The second-order valence-electron chi connectivity index (χ2n) is 7.12. The lowest BCUT2D eigenvalue weighted by molar-refractivity contribution is -0.116. The van der Waals surface area contributed by atoms with Crippen LogP contribution in [0.2, 0.25) is 0 Å². The van der Waals surface area contributed by atoms with E-state index in [2.05, 4.69) is 42.2 Å². The summed E-state index contributed by atoms with van der Waals surface area (Å²) >= 11 is 1.46. The Morgan fingerprint density at radius 3 is 2.72 bits per heavy atom. The zero-order valence-corrected chi connectivity index (χ0v) is 16.3. The van der Waals surface area contributed by atoms with Crippen molar-refractivity contribution >= 4 is 22.4 Å². The van der Waals surface area contributed by atoms with Crippen molar-refractivity contribution in [2.45, 2.75) is 65.8 Å². The number of hydrogen-bond acceptors (Lipinski definition) is 5. The van der Waals surface area contributed by atoms with E-state index in [1.54, 1.807) is 0 Å². The van der Waals surface area contributed by atoms with Crippen molar-refractivity contribution in [2.24, 2.45) is 0 Å². The molecule has 134 valence electrons. The Morgan fingerprint density at radius 2 is 2.12 bits per heavy atom. The molecule has 0 saturated heterocycles. The van der Waals surface area contributed by atoms with E-state index in [1.165, 1.54) is 11.3 Å². The molecule has 0 radical (unpaired) electrons. The van der Waals surface area contributed by atoms with Crippen LogP contribution in [0.25, 0.3) is 0 Å². The molecule has 25 heavy (non-hydrogen) atoms. The Morgan fingerprint density at radius 1 is 1.40 bits per heavy atom. The molecule has 1 N–H and O–H groups in total. The Hall–Kier alpha value is -2.20. The van der Waals surface area contributed by atoms with Crippen LogP contribution in [-0.4, -0.2) is 20.7 Å². The van der Waals surface area contributed by atoms with Crippen molar-refractivity contribution in [2.75, 3.05) is 5.32 Å². The number of amides is 1. The number of rotatable bonds is 6. The molecule has 0 unspecified atom stereocenters. The number of nitrogens with one attached hydrogen (secondary N) is 1. The van der Waals surface area contributed by atoms with Crippen LogP contribution in [0.5, 0.6) is 0 Å². The molecule has 7 heteroatoms. The molecule has 0 aliphatic rings. The van der Waals surface area contributed by atoms with Gasteiger partial charge in [-0.3, -0.25) is 9.48 Å². The average Bonchev–Trinajstić information content (AvgIpc) is 3.09. The lowest BCUT2D eigenvalue weighted by Gasteiger charge is -2.14. The van der Waals surface area contributed by atoms with Crippen molar-refractivity contribution < 1.29 is 4.79 Å². The quantitative estimate of drug-likeness (QED) is 0.851. The molecule has 0 bridgehead atoms. The number of nitriles is 1.